The third-order valence-electron chi connectivity index (χ3n) is 2.14. The summed E-state index contributed by atoms with van der Waals surface area (Å²) in [7, 11) is 0. The predicted molar refractivity (Wildman–Crippen MR) is 58.7 cm³/mol. The molecule has 0 bridgehead atoms. The number of amides is 1. The van der Waals surface area contributed by atoms with Crippen LogP contribution in [0.1, 0.15) is 24.2 Å². The number of hydrogen-bond donors (Lipinski definition) is 0. The number of carbonyl (C=O) groups excluding carboxylic acids is 1. The Bertz CT molecular complexity index is 304. The molecule has 0 saturated heterocycles. The molecule has 0 heterocycles. The van der Waals surface area contributed by atoms with Crippen LogP contribution in [-0.4, -0.2) is 23.9 Å². The fourth-order valence-electron chi connectivity index (χ4n) is 1.29. The Balaban J connectivity index is 2.83. The summed E-state index contributed by atoms with van der Waals surface area (Å²) in [5.74, 6) is 0.0617. The number of benzene rings is 1. The van der Waals surface area contributed by atoms with E-state index in [2.05, 4.69) is 0 Å². The second-order valence-electron chi connectivity index (χ2n) is 2.98. The summed E-state index contributed by atoms with van der Waals surface area (Å²) >= 11 is 5.74. The predicted octanol–water partition coefficient (Wildman–Crippen LogP) is 2.82. The summed E-state index contributed by atoms with van der Waals surface area (Å²) in [6.45, 7) is 5.41. The SMILES string of the molecule is CCN(CC)C(=O)c1ccc(Cl)cc1. The summed E-state index contributed by atoms with van der Waals surface area (Å²) in [4.78, 5) is 13.6. The number of rotatable bonds is 3. The van der Waals surface area contributed by atoms with Gasteiger partial charge in [-0.05, 0) is 38.1 Å². The van der Waals surface area contributed by atoms with E-state index in [9.17, 15) is 4.79 Å². The van der Waals surface area contributed by atoms with Gasteiger partial charge >= 0.3 is 0 Å². The summed E-state index contributed by atoms with van der Waals surface area (Å²) in [5.41, 5.74) is 0.693. The fourth-order valence-corrected chi connectivity index (χ4v) is 1.41. The van der Waals surface area contributed by atoms with Crippen molar-refractivity contribution < 1.29 is 4.79 Å². The first-order valence-corrected chi connectivity index (χ1v) is 5.11. The lowest BCUT2D eigenvalue weighted by Crippen LogP contribution is -2.30. The highest BCUT2D eigenvalue weighted by atomic mass is 35.5. The van der Waals surface area contributed by atoms with Crippen molar-refractivity contribution in [3.63, 3.8) is 0 Å². The molecule has 76 valence electrons. The van der Waals surface area contributed by atoms with Gasteiger partial charge < -0.3 is 4.90 Å². The van der Waals surface area contributed by atoms with Crippen LogP contribution in [0, 0.1) is 0 Å². The lowest BCUT2D eigenvalue weighted by molar-refractivity contribution is 0.0773. The van der Waals surface area contributed by atoms with Gasteiger partial charge in [0.15, 0.2) is 0 Å². The van der Waals surface area contributed by atoms with Crippen molar-refractivity contribution in [2.24, 2.45) is 0 Å². The summed E-state index contributed by atoms with van der Waals surface area (Å²) < 4.78 is 0. The van der Waals surface area contributed by atoms with Gasteiger partial charge in [0.2, 0.25) is 0 Å². The van der Waals surface area contributed by atoms with E-state index in [1.807, 2.05) is 13.8 Å². The first-order valence-electron chi connectivity index (χ1n) is 4.73. The topological polar surface area (TPSA) is 20.3 Å². The lowest BCUT2D eigenvalue weighted by atomic mass is 10.2. The molecular formula is C11H14ClNO. The van der Waals surface area contributed by atoms with E-state index in [-0.39, 0.29) is 5.91 Å². The van der Waals surface area contributed by atoms with Crippen LogP contribution in [-0.2, 0) is 0 Å². The van der Waals surface area contributed by atoms with Gasteiger partial charge in [-0.1, -0.05) is 11.6 Å². The standard InChI is InChI=1S/C11H14ClNO/c1-3-13(4-2)11(14)9-5-7-10(12)8-6-9/h5-8H,3-4H2,1-2H3. The van der Waals surface area contributed by atoms with Crippen molar-refractivity contribution in [1.82, 2.24) is 4.90 Å². The zero-order valence-corrected chi connectivity index (χ0v) is 9.21. The quantitative estimate of drug-likeness (QED) is 0.753. The smallest absolute Gasteiger partial charge is 0.253 e. The van der Waals surface area contributed by atoms with Crippen LogP contribution in [0.4, 0.5) is 0 Å². The van der Waals surface area contributed by atoms with Crippen LogP contribution in [0.3, 0.4) is 0 Å². The van der Waals surface area contributed by atoms with Crippen molar-refractivity contribution in [2.45, 2.75) is 13.8 Å². The maximum absolute atomic E-state index is 11.8. The van der Waals surface area contributed by atoms with Gasteiger partial charge in [0, 0.05) is 23.7 Å². The molecule has 0 aromatic heterocycles. The van der Waals surface area contributed by atoms with Gasteiger partial charge in [0.05, 0.1) is 0 Å². The molecule has 0 spiro atoms. The minimum Gasteiger partial charge on any atom is -0.339 e. The molecular weight excluding hydrogens is 198 g/mol. The Morgan fingerprint density at radius 1 is 1.21 bits per heavy atom. The molecule has 0 fully saturated rings. The first-order chi connectivity index (χ1) is 6.69. The van der Waals surface area contributed by atoms with E-state index >= 15 is 0 Å². The summed E-state index contributed by atoms with van der Waals surface area (Å²) in [5, 5.41) is 0.654. The first kappa shape index (κ1) is 11.1. The van der Waals surface area contributed by atoms with Crippen LogP contribution >= 0.6 is 11.6 Å². The van der Waals surface area contributed by atoms with Crippen molar-refractivity contribution in [3.05, 3.63) is 34.9 Å². The average molecular weight is 212 g/mol. The molecule has 1 aromatic carbocycles. The third-order valence-corrected chi connectivity index (χ3v) is 2.39. The normalized spacial score (nSPS) is 9.93. The molecule has 14 heavy (non-hydrogen) atoms. The number of halogens is 1. The molecule has 0 N–H and O–H groups in total. The van der Waals surface area contributed by atoms with Crippen molar-refractivity contribution in [2.75, 3.05) is 13.1 Å². The van der Waals surface area contributed by atoms with E-state index in [4.69, 9.17) is 11.6 Å². The van der Waals surface area contributed by atoms with Crippen molar-refractivity contribution in [1.29, 1.82) is 0 Å². The fraction of sp³-hybridized carbons (Fsp3) is 0.364. The minimum atomic E-state index is 0.0617. The zero-order valence-electron chi connectivity index (χ0n) is 8.46. The number of nitrogens with zero attached hydrogens (tertiary/aromatic N) is 1. The Labute approximate surface area is 89.5 Å². The van der Waals surface area contributed by atoms with E-state index in [1.54, 1.807) is 29.2 Å². The van der Waals surface area contributed by atoms with E-state index < -0.39 is 0 Å². The van der Waals surface area contributed by atoms with Crippen LogP contribution in [0.2, 0.25) is 5.02 Å². The van der Waals surface area contributed by atoms with Crippen molar-refractivity contribution >= 4 is 17.5 Å². The van der Waals surface area contributed by atoms with Crippen LogP contribution in [0.5, 0.6) is 0 Å². The second-order valence-corrected chi connectivity index (χ2v) is 3.42. The van der Waals surface area contributed by atoms with Crippen LogP contribution < -0.4 is 0 Å². The summed E-state index contributed by atoms with van der Waals surface area (Å²) in [6.07, 6.45) is 0. The molecule has 0 saturated carbocycles. The Hall–Kier alpha value is -1.02. The monoisotopic (exact) mass is 211 g/mol. The van der Waals surface area contributed by atoms with Crippen LogP contribution in [0.15, 0.2) is 24.3 Å². The minimum absolute atomic E-state index is 0.0617. The van der Waals surface area contributed by atoms with Crippen molar-refractivity contribution in [3.8, 4) is 0 Å². The molecule has 2 nitrogen and oxygen atoms in total. The Morgan fingerprint density at radius 2 is 1.71 bits per heavy atom. The molecule has 0 atom stereocenters. The second kappa shape index (κ2) is 5.01. The van der Waals surface area contributed by atoms with E-state index in [0.717, 1.165) is 13.1 Å². The molecule has 1 aromatic rings. The van der Waals surface area contributed by atoms with Gasteiger partial charge in [-0.15, -0.1) is 0 Å². The van der Waals surface area contributed by atoms with E-state index in [1.165, 1.54) is 0 Å². The molecule has 0 unspecified atom stereocenters. The van der Waals surface area contributed by atoms with Gasteiger partial charge in [-0.25, -0.2) is 0 Å². The molecule has 0 radical (unpaired) electrons. The van der Waals surface area contributed by atoms with Gasteiger partial charge in [-0.2, -0.15) is 0 Å². The molecule has 0 aliphatic heterocycles. The van der Waals surface area contributed by atoms with Gasteiger partial charge in [-0.3, -0.25) is 4.79 Å². The highest BCUT2D eigenvalue weighted by molar-refractivity contribution is 6.30. The molecule has 0 aliphatic carbocycles. The average Bonchev–Trinajstić information content (AvgIpc) is 2.20. The molecule has 3 heteroatoms. The number of hydrogen-bond acceptors (Lipinski definition) is 1. The maximum Gasteiger partial charge on any atom is 0.253 e. The number of carbonyl (C=O) groups is 1. The Kier molecular flexibility index (Phi) is 3.96. The Morgan fingerprint density at radius 3 is 2.14 bits per heavy atom. The molecule has 0 aliphatic rings. The maximum atomic E-state index is 11.8. The van der Waals surface area contributed by atoms with Crippen LogP contribution in [0.25, 0.3) is 0 Å². The van der Waals surface area contributed by atoms with Gasteiger partial charge in [0.25, 0.3) is 5.91 Å². The zero-order chi connectivity index (χ0) is 10.6. The largest absolute Gasteiger partial charge is 0.339 e. The third kappa shape index (κ3) is 2.48. The highest BCUT2D eigenvalue weighted by Crippen LogP contribution is 2.11. The molecule has 1 amide bonds. The lowest BCUT2D eigenvalue weighted by Gasteiger charge is -2.18. The van der Waals surface area contributed by atoms with Gasteiger partial charge in [0.1, 0.15) is 0 Å². The highest BCUT2D eigenvalue weighted by Gasteiger charge is 2.11. The summed E-state index contributed by atoms with van der Waals surface area (Å²) in [6, 6.07) is 6.97. The van der Waals surface area contributed by atoms with E-state index in [0.29, 0.717) is 10.6 Å². The molecule has 1 rings (SSSR count).